The van der Waals surface area contributed by atoms with E-state index in [0.717, 1.165) is 6.42 Å². The monoisotopic (exact) mass is 261 g/mol. The van der Waals surface area contributed by atoms with Crippen LogP contribution in [0.25, 0.3) is 0 Å². The average Bonchev–Trinajstić information content (AvgIpc) is 2.64. The largest absolute Gasteiger partial charge is 0.294 e. The maximum Gasteiger partial charge on any atom is 0.0991 e. The summed E-state index contributed by atoms with van der Waals surface area (Å²) in [7, 11) is 0. The Morgan fingerprint density at radius 2 is 2.05 bits per heavy atom. The van der Waals surface area contributed by atoms with Crippen LogP contribution in [0.4, 0.5) is 0 Å². The molecule has 4 rings (SSSR count). The highest BCUT2D eigenvalue weighted by Crippen LogP contribution is 2.51. The summed E-state index contributed by atoms with van der Waals surface area (Å²) in [6.45, 7) is 4.43. The lowest BCUT2D eigenvalue weighted by Gasteiger charge is -2.39. The van der Waals surface area contributed by atoms with E-state index in [0.29, 0.717) is 5.56 Å². The maximum atomic E-state index is 9.17. The SMILES string of the molecule is CC12Cc3ccncc3C(C)(N1)c1cc(C#N)ccc12. The third-order valence-electron chi connectivity index (χ3n) is 4.80. The second kappa shape index (κ2) is 3.47. The molecule has 3 heteroatoms. The van der Waals surface area contributed by atoms with E-state index in [4.69, 9.17) is 0 Å². The van der Waals surface area contributed by atoms with Crippen molar-refractivity contribution in [2.24, 2.45) is 0 Å². The van der Waals surface area contributed by atoms with Crippen LogP contribution in [0.1, 0.15) is 41.7 Å². The van der Waals surface area contributed by atoms with Crippen molar-refractivity contribution < 1.29 is 0 Å². The summed E-state index contributed by atoms with van der Waals surface area (Å²) in [5, 5.41) is 12.9. The molecule has 2 aliphatic rings. The molecule has 2 aromatic rings. The van der Waals surface area contributed by atoms with Crippen molar-refractivity contribution in [3.05, 3.63) is 64.5 Å². The van der Waals surface area contributed by atoms with Gasteiger partial charge in [0.15, 0.2) is 0 Å². The normalized spacial score (nSPS) is 29.4. The quantitative estimate of drug-likeness (QED) is 0.793. The average molecular weight is 261 g/mol. The van der Waals surface area contributed by atoms with Gasteiger partial charge in [-0.25, -0.2) is 0 Å². The second-order valence-electron chi connectivity index (χ2n) is 6.16. The molecule has 98 valence electrons. The van der Waals surface area contributed by atoms with E-state index >= 15 is 0 Å². The molecule has 2 aliphatic heterocycles. The molecule has 0 radical (unpaired) electrons. The zero-order chi connectivity index (χ0) is 14.0. The summed E-state index contributed by atoms with van der Waals surface area (Å²) in [4.78, 5) is 4.29. The van der Waals surface area contributed by atoms with E-state index in [1.165, 1.54) is 22.3 Å². The summed E-state index contributed by atoms with van der Waals surface area (Å²) < 4.78 is 0. The smallest absolute Gasteiger partial charge is 0.0991 e. The lowest BCUT2D eigenvalue weighted by atomic mass is 9.81. The zero-order valence-corrected chi connectivity index (χ0v) is 11.6. The van der Waals surface area contributed by atoms with E-state index in [2.05, 4.69) is 42.4 Å². The number of hydrogen-bond donors (Lipinski definition) is 1. The van der Waals surface area contributed by atoms with Crippen molar-refractivity contribution in [1.29, 1.82) is 5.26 Å². The standard InChI is InChI=1S/C17H15N3/c1-16-8-12-5-6-19-10-15(12)17(2,20-16)14-7-11(9-18)3-4-13(14)16/h3-7,10,20H,8H2,1-2H3. The van der Waals surface area contributed by atoms with E-state index in [-0.39, 0.29) is 11.1 Å². The molecule has 2 atom stereocenters. The van der Waals surface area contributed by atoms with Crippen LogP contribution in [0.2, 0.25) is 0 Å². The minimum absolute atomic E-state index is 0.0631. The van der Waals surface area contributed by atoms with Gasteiger partial charge in [0, 0.05) is 17.9 Å². The van der Waals surface area contributed by atoms with E-state index in [1.54, 1.807) is 0 Å². The highest BCUT2D eigenvalue weighted by molar-refractivity contribution is 5.58. The van der Waals surface area contributed by atoms with Crippen LogP contribution < -0.4 is 5.32 Å². The van der Waals surface area contributed by atoms with Crippen LogP contribution in [-0.4, -0.2) is 4.98 Å². The predicted octanol–water partition coefficient (Wildman–Crippen LogP) is 2.59. The third kappa shape index (κ3) is 1.25. The highest BCUT2D eigenvalue weighted by atomic mass is 15.1. The Labute approximate surface area is 118 Å². The summed E-state index contributed by atoms with van der Waals surface area (Å²) in [5.41, 5.74) is 5.49. The van der Waals surface area contributed by atoms with E-state index in [9.17, 15) is 5.26 Å². The van der Waals surface area contributed by atoms with Crippen molar-refractivity contribution in [3.8, 4) is 6.07 Å². The maximum absolute atomic E-state index is 9.17. The molecule has 20 heavy (non-hydrogen) atoms. The number of pyridine rings is 1. The minimum Gasteiger partial charge on any atom is -0.294 e. The van der Waals surface area contributed by atoms with Gasteiger partial charge in [-0.15, -0.1) is 0 Å². The predicted molar refractivity (Wildman–Crippen MR) is 76.0 cm³/mol. The van der Waals surface area contributed by atoms with Crippen LogP contribution in [0.15, 0.2) is 36.7 Å². The van der Waals surface area contributed by atoms with Gasteiger partial charge < -0.3 is 0 Å². The first kappa shape index (κ1) is 11.6. The van der Waals surface area contributed by atoms with Crippen LogP contribution in [0.3, 0.4) is 0 Å². The number of benzene rings is 1. The Kier molecular flexibility index (Phi) is 2.02. The van der Waals surface area contributed by atoms with Crippen molar-refractivity contribution >= 4 is 0 Å². The molecule has 2 unspecified atom stereocenters. The fourth-order valence-corrected chi connectivity index (χ4v) is 3.96. The van der Waals surface area contributed by atoms with E-state index in [1.807, 2.05) is 24.5 Å². The number of hydrogen-bond acceptors (Lipinski definition) is 3. The molecule has 1 N–H and O–H groups in total. The van der Waals surface area contributed by atoms with Gasteiger partial charge in [-0.3, -0.25) is 10.3 Å². The Hall–Kier alpha value is -2.18. The fraction of sp³-hybridized carbons (Fsp3) is 0.294. The molecular formula is C17H15N3. The first-order valence-electron chi connectivity index (χ1n) is 6.85. The van der Waals surface area contributed by atoms with Gasteiger partial charge in [0.25, 0.3) is 0 Å². The van der Waals surface area contributed by atoms with Gasteiger partial charge >= 0.3 is 0 Å². The number of aromatic nitrogens is 1. The van der Waals surface area contributed by atoms with Gasteiger partial charge in [0.2, 0.25) is 0 Å². The van der Waals surface area contributed by atoms with Crippen LogP contribution in [0.5, 0.6) is 0 Å². The Bertz CT molecular complexity index is 774. The van der Waals surface area contributed by atoms with Crippen molar-refractivity contribution in [2.45, 2.75) is 31.3 Å². The molecule has 0 fully saturated rings. The second-order valence-corrected chi connectivity index (χ2v) is 6.16. The number of nitrogens with one attached hydrogen (secondary N) is 1. The molecule has 2 bridgehead atoms. The summed E-state index contributed by atoms with van der Waals surface area (Å²) in [6.07, 6.45) is 4.77. The van der Waals surface area contributed by atoms with Gasteiger partial charge in [-0.2, -0.15) is 5.26 Å². The molecule has 1 aromatic heterocycles. The minimum atomic E-state index is -0.251. The van der Waals surface area contributed by atoms with Crippen molar-refractivity contribution in [1.82, 2.24) is 10.3 Å². The number of rotatable bonds is 0. The van der Waals surface area contributed by atoms with Gasteiger partial charge in [0.05, 0.1) is 17.2 Å². The molecule has 1 aromatic carbocycles. The molecule has 0 aliphatic carbocycles. The first-order valence-corrected chi connectivity index (χ1v) is 6.85. The van der Waals surface area contributed by atoms with Crippen molar-refractivity contribution in [2.75, 3.05) is 0 Å². The first-order chi connectivity index (χ1) is 9.57. The summed E-state index contributed by atoms with van der Waals surface area (Å²) >= 11 is 0. The van der Waals surface area contributed by atoms with E-state index < -0.39 is 0 Å². The molecule has 3 heterocycles. The van der Waals surface area contributed by atoms with Crippen LogP contribution >= 0.6 is 0 Å². The zero-order valence-electron chi connectivity index (χ0n) is 11.6. The van der Waals surface area contributed by atoms with Gasteiger partial charge in [-0.1, -0.05) is 6.07 Å². The Morgan fingerprint density at radius 3 is 2.85 bits per heavy atom. The van der Waals surface area contributed by atoms with Gasteiger partial charge in [-0.05, 0) is 60.7 Å². The fourth-order valence-electron chi connectivity index (χ4n) is 3.96. The van der Waals surface area contributed by atoms with Gasteiger partial charge in [0.1, 0.15) is 0 Å². The topological polar surface area (TPSA) is 48.7 Å². The summed E-state index contributed by atoms with van der Waals surface area (Å²) in [6, 6.07) is 10.4. The number of nitriles is 1. The molecule has 0 saturated carbocycles. The lowest BCUT2D eigenvalue weighted by Crippen LogP contribution is -2.50. The van der Waals surface area contributed by atoms with Crippen LogP contribution in [0, 0.1) is 11.3 Å². The van der Waals surface area contributed by atoms with Crippen molar-refractivity contribution in [3.63, 3.8) is 0 Å². The Balaban J connectivity index is 2.07. The molecule has 3 nitrogen and oxygen atoms in total. The Morgan fingerprint density at radius 1 is 1.20 bits per heavy atom. The number of fused-ring (bicyclic) bond motifs is 7. The highest BCUT2D eigenvalue weighted by Gasteiger charge is 2.52. The molecular weight excluding hydrogens is 246 g/mol. The number of nitrogens with zero attached hydrogens (tertiary/aromatic N) is 2. The third-order valence-corrected chi connectivity index (χ3v) is 4.80. The lowest BCUT2D eigenvalue weighted by molar-refractivity contribution is 0.286. The molecule has 0 spiro atoms. The molecule has 0 amide bonds. The summed E-state index contributed by atoms with van der Waals surface area (Å²) in [5.74, 6) is 0. The van der Waals surface area contributed by atoms with Crippen LogP contribution in [-0.2, 0) is 17.5 Å². The molecule has 0 saturated heterocycles.